The third-order valence-electron chi connectivity index (χ3n) is 6.07. The van der Waals surface area contributed by atoms with Crippen molar-refractivity contribution in [2.24, 2.45) is 0 Å². The van der Waals surface area contributed by atoms with E-state index in [2.05, 4.69) is 15.4 Å². The van der Waals surface area contributed by atoms with Gasteiger partial charge in [0.1, 0.15) is 52.4 Å². The molecule has 0 unspecified atom stereocenters. The van der Waals surface area contributed by atoms with Gasteiger partial charge in [-0.15, -0.1) is 5.10 Å². The molecule has 6 aromatic rings. The maximum Gasteiger partial charge on any atom is 0.294 e. The van der Waals surface area contributed by atoms with Crippen molar-refractivity contribution < 1.29 is 36.6 Å². The summed E-state index contributed by atoms with van der Waals surface area (Å²) in [5.41, 5.74) is 1.13. The summed E-state index contributed by atoms with van der Waals surface area (Å²) in [5.74, 6) is -3.28. The summed E-state index contributed by atoms with van der Waals surface area (Å²) in [6, 6.07) is 12.7. The number of methoxy groups -OCH3 is 2. The van der Waals surface area contributed by atoms with Gasteiger partial charge in [0.05, 0.1) is 25.8 Å². The second kappa shape index (κ2) is 10.5. The minimum Gasteiger partial charge on any atom is -0.496 e. The number of hydrogen-bond donors (Lipinski definition) is 1. The number of hydrogen-bond acceptors (Lipinski definition) is 8. The Morgan fingerprint density at radius 1 is 1.05 bits per heavy atom. The van der Waals surface area contributed by atoms with Gasteiger partial charge in [0.2, 0.25) is 4.96 Å². The molecule has 9 nitrogen and oxygen atoms in total. The van der Waals surface area contributed by atoms with Crippen LogP contribution in [0.5, 0.6) is 16.7 Å². The first kappa shape index (κ1) is 26.2. The Labute approximate surface area is 233 Å². The van der Waals surface area contributed by atoms with Crippen molar-refractivity contribution in [1.82, 2.24) is 14.6 Å². The second-order valence-electron chi connectivity index (χ2n) is 8.76. The van der Waals surface area contributed by atoms with Gasteiger partial charge in [0, 0.05) is 30.0 Å². The number of benzene rings is 3. The SMILES string of the molecule is COc1cc(OCc2cccc(NC(=O)c3c(F)cc(F)cc3F)c2)c2cc(-c3cn4nc(OC)sc4n3)oc2c1. The average molecular weight is 581 g/mol. The molecule has 3 aromatic heterocycles. The lowest BCUT2D eigenvalue weighted by atomic mass is 10.1. The number of carbonyl (C=O) groups excluding carboxylic acids is 1. The van der Waals surface area contributed by atoms with Crippen molar-refractivity contribution >= 4 is 38.9 Å². The minimum atomic E-state index is -1.30. The molecule has 6 rings (SSSR count). The molecule has 0 radical (unpaired) electrons. The highest BCUT2D eigenvalue weighted by Crippen LogP contribution is 2.37. The van der Waals surface area contributed by atoms with E-state index in [9.17, 15) is 18.0 Å². The number of rotatable bonds is 8. The zero-order valence-electron chi connectivity index (χ0n) is 21.4. The number of anilines is 1. The molecule has 1 amide bonds. The first-order chi connectivity index (χ1) is 19.8. The van der Waals surface area contributed by atoms with Crippen LogP contribution < -0.4 is 19.5 Å². The summed E-state index contributed by atoms with van der Waals surface area (Å²) in [6.07, 6.45) is 1.73. The second-order valence-corrected chi connectivity index (χ2v) is 9.68. The first-order valence-corrected chi connectivity index (χ1v) is 12.8. The molecule has 1 N–H and O–H groups in total. The zero-order valence-corrected chi connectivity index (χ0v) is 22.2. The van der Waals surface area contributed by atoms with Crippen molar-refractivity contribution in [2.75, 3.05) is 19.5 Å². The molecule has 13 heteroatoms. The van der Waals surface area contributed by atoms with Gasteiger partial charge in [-0.2, -0.15) is 0 Å². The molecule has 0 aliphatic rings. The molecular formula is C28H19F3N4O5S. The molecule has 0 bridgehead atoms. The number of nitrogens with zero attached hydrogens (tertiary/aromatic N) is 3. The number of imidazole rings is 1. The smallest absolute Gasteiger partial charge is 0.294 e. The highest BCUT2D eigenvalue weighted by molar-refractivity contribution is 7.18. The van der Waals surface area contributed by atoms with Crippen LogP contribution in [0.3, 0.4) is 0 Å². The van der Waals surface area contributed by atoms with E-state index in [4.69, 9.17) is 18.6 Å². The highest BCUT2D eigenvalue weighted by atomic mass is 32.1. The largest absolute Gasteiger partial charge is 0.496 e. The van der Waals surface area contributed by atoms with Gasteiger partial charge in [0.15, 0.2) is 5.76 Å². The Morgan fingerprint density at radius 2 is 1.85 bits per heavy atom. The Balaban J connectivity index is 1.23. The normalized spacial score (nSPS) is 11.2. The zero-order chi connectivity index (χ0) is 28.7. The predicted molar refractivity (Wildman–Crippen MR) is 144 cm³/mol. The van der Waals surface area contributed by atoms with Crippen molar-refractivity contribution in [3.8, 4) is 28.1 Å². The lowest BCUT2D eigenvalue weighted by Gasteiger charge is -2.11. The lowest BCUT2D eigenvalue weighted by Crippen LogP contribution is -2.16. The summed E-state index contributed by atoms with van der Waals surface area (Å²) in [6.45, 7) is 0.0791. The maximum absolute atomic E-state index is 14.0. The van der Waals surface area contributed by atoms with Crippen LogP contribution in [0, 0.1) is 17.5 Å². The molecule has 3 aromatic carbocycles. The molecule has 0 saturated carbocycles. The molecule has 0 saturated heterocycles. The van der Waals surface area contributed by atoms with E-state index >= 15 is 0 Å². The molecule has 3 heterocycles. The average Bonchev–Trinajstić information content (AvgIpc) is 3.64. The molecule has 0 fully saturated rings. The number of carbonyl (C=O) groups is 1. The summed E-state index contributed by atoms with van der Waals surface area (Å²) in [5, 5.41) is 7.87. The molecule has 41 heavy (non-hydrogen) atoms. The third kappa shape index (κ3) is 5.14. The minimum absolute atomic E-state index is 0.0791. The number of ether oxygens (including phenoxy) is 3. The summed E-state index contributed by atoms with van der Waals surface area (Å²) >= 11 is 1.29. The van der Waals surface area contributed by atoms with Gasteiger partial charge in [-0.05, 0) is 35.1 Å². The van der Waals surface area contributed by atoms with Crippen LogP contribution in [0.2, 0.25) is 0 Å². The van der Waals surface area contributed by atoms with Crippen LogP contribution in [0.4, 0.5) is 18.9 Å². The number of furan rings is 1. The van der Waals surface area contributed by atoms with E-state index in [1.54, 1.807) is 53.2 Å². The molecule has 0 spiro atoms. The Kier molecular flexibility index (Phi) is 6.71. The lowest BCUT2D eigenvalue weighted by molar-refractivity contribution is 0.101. The third-order valence-corrected chi connectivity index (χ3v) is 6.96. The van der Waals surface area contributed by atoms with Crippen LogP contribution in [0.25, 0.3) is 27.4 Å². The Hall–Kier alpha value is -5.04. The summed E-state index contributed by atoms with van der Waals surface area (Å²) < 4.78 is 65.6. The monoisotopic (exact) mass is 580 g/mol. The fourth-order valence-corrected chi connectivity index (χ4v) is 4.88. The van der Waals surface area contributed by atoms with Crippen molar-refractivity contribution in [3.05, 3.63) is 89.4 Å². The van der Waals surface area contributed by atoms with Crippen LogP contribution in [-0.4, -0.2) is 34.7 Å². The highest BCUT2D eigenvalue weighted by Gasteiger charge is 2.20. The Bertz CT molecular complexity index is 1880. The van der Waals surface area contributed by atoms with Gasteiger partial charge in [-0.1, -0.05) is 12.1 Å². The van der Waals surface area contributed by atoms with Gasteiger partial charge in [-0.3, -0.25) is 4.79 Å². The summed E-state index contributed by atoms with van der Waals surface area (Å²) in [4.78, 5) is 17.7. The molecule has 0 aliphatic carbocycles. The van der Waals surface area contributed by atoms with Crippen LogP contribution in [0.1, 0.15) is 15.9 Å². The van der Waals surface area contributed by atoms with Crippen molar-refractivity contribution in [3.63, 3.8) is 0 Å². The maximum atomic E-state index is 14.0. The van der Waals surface area contributed by atoms with Crippen molar-refractivity contribution in [2.45, 2.75) is 6.61 Å². The van der Waals surface area contributed by atoms with Crippen LogP contribution >= 0.6 is 11.3 Å². The van der Waals surface area contributed by atoms with Crippen LogP contribution in [0.15, 0.2) is 65.2 Å². The van der Waals surface area contributed by atoms with Crippen LogP contribution in [-0.2, 0) is 6.61 Å². The number of halogens is 3. The molecule has 0 aliphatic heterocycles. The standard InChI is InChI=1S/C28H19F3N4O5S/c1-37-17-9-22(18-11-24(40-23(18)10-17)21-12-35-27(33-21)41-28(34-35)38-2)39-13-14-4-3-5-16(6-14)32-26(36)25-19(30)7-15(29)8-20(25)31/h3-12H,13H2,1-2H3,(H,32,36). The molecular weight excluding hydrogens is 561 g/mol. The van der Waals surface area contributed by atoms with E-state index in [1.807, 2.05) is 0 Å². The van der Waals surface area contributed by atoms with Gasteiger partial charge in [-0.25, -0.2) is 22.7 Å². The van der Waals surface area contributed by atoms with E-state index in [1.165, 1.54) is 25.6 Å². The predicted octanol–water partition coefficient (Wildman–Crippen LogP) is 6.47. The fraction of sp³-hybridized carbons (Fsp3) is 0.107. The fourth-order valence-electron chi connectivity index (χ4n) is 4.18. The van der Waals surface area contributed by atoms with E-state index in [-0.39, 0.29) is 12.3 Å². The molecule has 0 atom stereocenters. The number of aromatic nitrogens is 3. The van der Waals surface area contributed by atoms with Gasteiger partial charge in [0.25, 0.3) is 11.1 Å². The van der Waals surface area contributed by atoms with Gasteiger partial charge >= 0.3 is 0 Å². The van der Waals surface area contributed by atoms with E-state index < -0.39 is 28.9 Å². The Morgan fingerprint density at radius 3 is 2.59 bits per heavy atom. The van der Waals surface area contributed by atoms with Gasteiger partial charge < -0.3 is 23.9 Å². The number of nitrogens with one attached hydrogen (secondary N) is 1. The quantitative estimate of drug-likeness (QED) is 0.220. The number of fused-ring (bicyclic) bond motifs is 2. The topological polar surface area (TPSA) is 100 Å². The van der Waals surface area contributed by atoms with Crippen molar-refractivity contribution in [1.29, 1.82) is 0 Å². The first-order valence-electron chi connectivity index (χ1n) is 12.0. The van der Waals surface area contributed by atoms with E-state index in [0.29, 0.717) is 61.8 Å². The molecule has 208 valence electrons. The van der Waals surface area contributed by atoms with E-state index in [0.717, 1.165) is 0 Å². The summed E-state index contributed by atoms with van der Waals surface area (Å²) in [7, 11) is 3.06. The number of amides is 1.